The van der Waals surface area contributed by atoms with E-state index in [9.17, 15) is 4.79 Å². The number of carbonyl (C=O) groups excluding carboxylic acids is 1. The van der Waals surface area contributed by atoms with Gasteiger partial charge in [0.25, 0.3) is 0 Å². The van der Waals surface area contributed by atoms with E-state index in [2.05, 4.69) is 22.7 Å². The molecule has 0 saturated carbocycles. The predicted molar refractivity (Wildman–Crippen MR) is 56.4 cm³/mol. The summed E-state index contributed by atoms with van der Waals surface area (Å²) >= 11 is 0. The van der Waals surface area contributed by atoms with Crippen LogP contribution in [-0.2, 0) is 6.54 Å². The van der Waals surface area contributed by atoms with Gasteiger partial charge in [-0.05, 0) is 13.3 Å². The first-order valence-corrected chi connectivity index (χ1v) is 5.16. The molecule has 84 valence electrons. The van der Waals surface area contributed by atoms with E-state index in [4.69, 9.17) is 4.52 Å². The standard InChI is InChI=1S/C10H17N3O2/c1-3-4-5-11-10(14)12-7-9-6-8(2)13-15-9/h6H,3-5,7H2,1-2H3,(H2,11,12,14). The minimum absolute atomic E-state index is 0.169. The molecule has 0 saturated heterocycles. The summed E-state index contributed by atoms with van der Waals surface area (Å²) in [4.78, 5) is 11.2. The van der Waals surface area contributed by atoms with Gasteiger partial charge in [-0.3, -0.25) is 0 Å². The Morgan fingerprint density at radius 3 is 2.93 bits per heavy atom. The van der Waals surface area contributed by atoms with Crippen molar-refractivity contribution in [1.82, 2.24) is 15.8 Å². The van der Waals surface area contributed by atoms with Crippen LogP contribution in [0.5, 0.6) is 0 Å². The third-order valence-electron chi connectivity index (χ3n) is 1.92. The van der Waals surface area contributed by atoms with Crippen LogP contribution in [0.25, 0.3) is 0 Å². The van der Waals surface area contributed by atoms with Crippen LogP contribution in [0.3, 0.4) is 0 Å². The maximum Gasteiger partial charge on any atom is 0.315 e. The first-order chi connectivity index (χ1) is 7.22. The molecular formula is C10H17N3O2. The molecule has 15 heavy (non-hydrogen) atoms. The molecule has 1 heterocycles. The van der Waals surface area contributed by atoms with E-state index >= 15 is 0 Å². The number of nitrogens with zero attached hydrogens (tertiary/aromatic N) is 1. The van der Waals surface area contributed by atoms with Gasteiger partial charge in [0.05, 0.1) is 12.2 Å². The van der Waals surface area contributed by atoms with E-state index in [-0.39, 0.29) is 6.03 Å². The third kappa shape index (κ3) is 4.49. The molecule has 0 atom stereocenters. The van der Waals surface area contributed by atoms with Crippen molar-refractivity contribution in [2.75, 3.05) is 6.54 Å². The van der Waals surface area contributed by atoms with Crippen LogP contribution in [-0.4, -0.2) is 17.7 Å². The molecule has 0 spiro atoms. The van der Waals surface area contributed by atoms with E-state index < -0.39 is 0 Å². The second kappa shape index (κ2) is 6.06. The fraction of sp³-hybridized carbons (Fsp3) is 0.600. The lowest BCUT2D eigenvalue weighted by Crippen LogP contribution is -2.35. The van der Waals surface area contributed by atoms with Crippen LogP contribution in [0.1, 0.15) is 31.2 Å². The topological polar surface area (TPSA) is 67.2 Å². The van der Waals surface area contributed by atoms with E-state index in [1.807, 2.05) is 6.92 Å². The van der Waals surface area contributed by atoms with Gasteiger partial charge in [0.1, 0.15) is 0 Å². The minimum atomic E-state index is -0.169. The molecule has 0 radical (unpaired) electrons. The van der Waals surface area contributed by atoms with Gasteiger partial charge in [0.15, 0.2) is 5.76 Å². The molecule has 0 aliphatic rings. The highest BCUT2D eigenvalue weighted by Crippen LogP contribution is 2.00. The van der Waals surface area contributed by atoms with Crippen molar-refractivity contribution in [2.24, 2.45) is 0 Å². The second-order valence-electron chi connectivity index (χ2n) is 3.40. The minimum Gasteiger partial charge on any atom is -0.359 e. The molecule has 1 aromatic rings. The number of hydrogen-bond donors (Lipinski definition) is 2. The molecule has 0 bridgehead atoms. The number of nitrogens with one attached hydrogen (secondary N) is 2. The summed E-state index contributed by atoms with van der Waals surface area (Å²) in [5.41, 5.74) is 0.818. The Bertz CT molecular complexity index is 309. The van der Waals surface area contributed by atoms with E-state index in [1.54, 1.807) is 6.07 Å². The van der Waals surface area contributed by atoms with Crippen LogP contribution < -0.4 is 10.6 Å². The summed E-state index contributed by atoms with van der Waals surface area (Å²) in [5.74, 6) is 0.665. The van der Waals surface area contributed by atoms with Gasteiger partial charge in [0, 0.05) is 12.6 Å². The highest BCUT2D eigenvalue weighted by atomic mass is 16.5. The Hall–Kier alpha value is -1.52. The van der Waals surface area contributed by atoms with Gasteiger partial charge in [0.2, 0.25) is 0 Å². The van der Waals surface area contributed by atoms with Gasteiger partial charge in [-0.2, -0.15) is 0 Å². The number of amides is 2. The third-order valence-corrected chi connectivity index (χ3v) is 1.92. The Labute approximate surface area is 89.2 Å². The van der Waals surface area contributed by atoms with Gasteiger partial charge in [-0.25, -0.2) is 4.79 Å². The summed E-state index contributed by atoms with van der Waals surface area (Å²) in [5, 5.41) is 9.16. The zero-order valence-corrected chi connectivity index (χ0v) is 9.17. The monoisotopic (exact) mass is 211 g/mol. The predicted octanol–water partition coefficient (Wildman–Crippen LogP) is 1.58. The Balaban J connectivity index is 2.16. The van der Waals surface area contributed by atoms with Crippen molar-refractivity contribution >= 4 is 6.03 Å². The van der Waals surface area contributed by atoms with Crippen molar-refractivity contribution < 1.29 is 9.32 Å². The van der Waals surface area contributed by atoms with Crippen molar-refractivity contribution in [3.05, 3.63) is 17.5 Å². The summed E-state index contributed by atoms with van der Waals surface area (Å²) in [6, 6.07) is 1.63. The van der Waals surface area contributed by atoms with Crippen molar-refractivity contribution in [3.8, 4) is 0 Å². The summed E-state index contributed by atoms with van der Waals surface area (Å²) in [6.45, 7) is 5.00. The van der Waals surface area contributed by atoms with Crippen molar-refractivity contribution in [3.63, 3.8) is 0 Å². The fourth-order valence-electron chi connectivity index (χ4n) is 1.11. The van der Waals surface area contributed by atoms with Gasteiger partial charge in [-0.1, -0.05) is 18.5 Å². The number of rotatable bonds is 5. The Kier molecular flexibility index (Phi) is 4.66. The van der Waals surface area contributed by atoms with Gasteiger partial charge in [-0.15, -0.1) is 0 Å². The van der Waals surface area contributed by atoms with Crippen LogP contribution >= 0.6 is 0 Å². The number of aryl methyl sites for hydroxylation is 1. The number of hydrogen-bond acceptors (Lipinski definition) is 3. The van der Waals surface area contributed by atoms with Crippen LogP contribution in [0, 0.1) is 6.92 Å². The molecule has 1 aromatic heterocycles. The number of urea groups is 1. The molecule has 0 aliphatic heterocycles. The molecule has 0 unspecified atom stereocenters. The van der Waals surface area contributed by atoms with E-state index in [1.165, 1.54) is 0 Å². The first kappa shape index (κ1) is 11.6. The summed E-state index contributed by atoms with van der Waals surface area (Å²) < 4.78 is 4.95. The molecule has 0 fully saturated rings. The lowest BCUT2D eigenvalue weighted by molar-refractivity contribution is 0.238. The van der Waals surface area contributed by atoms with Crippen molar-refractivity contribution in [1.29, 1.82) is 0 Å². The average molecular weight is 211 g/mol. The average Bonchev–Trinajstić information content (AvgIpc) is 2.62. The van der Waals surface area contributed by atoms with E-state index in [0.717, 1.165) is 18.5 Å². The van der Waals surface area contributed by atoms with Crippen LogP contribution in [0.4, 0.5) is 4.79 Å². The maximum absolute atomic E-state index is 11.2. The SMILES string of the molecule is CCCCNC(=O)NCc1cc(C)no1. The number of aromatic nitrogens is 1. The largest absolute Gasteiger partial charge is 0.359 e. The van der Waals surface area contributed by atoms with Crippen LogP contribution in [0.15, 0.2) is 10.6 Å². The lowest BCUT2D eigenvalue weighted by atomic mass is 10.3. The van der Waals surface area contributed by atoms with Gasteiger partial charge < -0.3 is 15.2 Å². The first-order valence-electron chi connectivity index (χ1n) is 5.16. The molecule has 2 N–H and O–H groups in total. The zero-order valence-electron chi connectivity index (χ0n) is 9.17. The Morgan fingerprint density at radius 1 is 1.53 bits per heavy atom. The van der Waals surface area contributed by atoms with E-state index in [0.29, 0.717) is 18.8 Å². The molecule has 5 nitrogen and oxygen atoms in total. The quantitative estimate of drug-likeness (QED) is 0.727. The zero-order chi connectivity index (χ0) is 11.1. The van der Waals surface area contributed by atoms with Crippen molar-refractivity contribution in [2.45, 2.75) is 33.2 Å². The Morgan fingerprint density at radius 2 is 2.33 bits per heavy atom. The molecule has 1 rings (SSSR count). The molecule has 0 aromatic carbocycles. The highest BCUT2D eigenvalue weighted by Gasteiger charge is 2.03. The highest BCUT2D eigenvalue weighted by molar-refractivity contribution is 5.73. The van der Waals surface area contributed by atoms with Crippen LogP contribution in [0.2, 0.25) is 0 Å². The maximum atomic E-state index is 11.2. The summed E-state index contributed by atoms with van der Waals surface area (Å²) in [7, 11) is 0. The second-order valence-corrected chi connectivity index (χ2v) is 3.40. The molecular weight excluding hydrogens is 194 g/mol. The normalized spacial score (nSPS) is 10.0. The van der Waals surface area contributed by atoms with Gasteiger partial charge >= 0.3 is 6.03 Å². The molecule has 5 heteroatoms. The molecule has 2 amide bonds. The number of unbranched alkanes of at least 4 members (excludes halogenated alkanes) is 1. The fourth-order valence-corrected chi connectivity index (χ4v) is 1.11. The molecule has 0 aliphatic carbocycles. The summed E-state index contributed by atoms with van der Waals surface area (Å²) in [6.07, 6.45) is 2.07. The smallest absolute Gasteiger partial charge is 0.315 e. The lowest BCUT2D eigenvalue weighted by Gasteiger charge is -2.04. The number of carbonyl (C=O) groups is 1.